The summed E-state index contributed by atoms with van der Waals surface area (Å²) in [6.45, 7) is 0.724. The average molecular weight is 292 g/mol. The van der Waals surface area contributed by atoms with E-state index in [1.54, 1.807) is 0 Å². The molecule has 0 amide bonds. The van der Waals surface area contributed by atoms with E-state index >= 15 is 0 Å². The molecule has 1 aromatic heterocycles. The standard InChI is InChI=1S/C19H16OS/c1-2-7-15(8-3-1)13-19(18-11-6-12-21-18)14-20-17-10-5-4-9-16(17)19/h1-12H,13-14H2. The van der Waals surface area contributed by atoms with Crippen molar-refractivity contribution < 1.29 is 4.74 Å². The van der Waals surface area contributed by atoms with E-state index in [1.807, 2.05) is 17.4 Å². The summed E-state index contributed by atoms with van der Waals surface area (Å²) < 4.78 is 6.02. The topological polar surface area (TPSA) is 9.23 Å². The first kappa shape index (κ1) is 12.7. The summed E-state index contributed by atoms with van der Waals surface area (Å²) in [5.41, 5.74) is 2.62. The molecular formula is C19H16OS. The highest BCUT2D eigenvalue weighted by atomic mass is 32.1. The highest BCUT2D eigenvalue weighted by Gasteiger charge is 2.42. The van der Waals surface area contributed by atoms with E-state index in [-0.39, 0.29) is 5.41 Å². The van der Waals surface area contributed by atoms with Gasteiger partial charge in [0.15, 0.2) is 0 Å². The van der Waals surface area contributed by atoms with Crippen LogP contribution < -0.4 is 4.74 Å². The molecule has 0 aliphatic carbocycles. The van der Waals surface area contributed by atoms with E-state index in [4.69, 9.17) is 4.74 Å². The largest absolute Gasteiger partial charge is 0.492 e. The Morgan fingerprint density at radius 2 is 1.71 bits per heavy atom. The first-order valence-electron chi connectivity index (χ1n) is 7.19. The Bertz CT molecular complexity index is 733. The Hall–Kier alpha value is -2.06. The van der Waals surface area contributed by atoms with Gasteiger partial charge < -0.3 is 4.74 Å². The van der Waals surface area contributed by atoms with Gasteiger partial charge in [0, 0.05) is 10.4 Å². The van der Waals surface area contributed by atoms with Crippen molar-refractivity contribution in [3.8, 4) is 5.75 Å². The van der Waals surface area contributed by atoms with Gasteiger partial charge in [-0.05, 0) is 29.5 Å². The molecular weight excluding hydrogens is 276 g/mol. The summed E-state index contributed by atoms with van der Waals surface area (Å²) >= 11 is 1.82. The van der Waals surface area contributed by atoms with Crippen molar-refractivity contribution in [2.45, 2.75) is 11.8 Å². The van der Waals surface area contributed by atoms with E-state index in [0.717, 1.165) is 18.8 Å². The van der Waals surface area contributed by atoms with Crippen molar-refractivity contribution in [1.29, 1.82) is 0 Å². The van der Waals surface area contributed by atoms with E-state index < -0.39 is 0 Å². The first-order chi connectivity index (χ1) is 10.4. The van der Waals surface area contributed by atoms with Crippen LogP contribution in [-0.2, 0) is 11.8 Å². The maximum absolute atomic E-state index is 6.02. The highest BCUT2D eigenvalue weighted by molar-refractivity contribution is 7.10. The maximum Gasteiger partial charge on any atom is 0.123 e. The van der Waals surface area contributed by atoms with Crippen LogP contribution in [-0.4, -0.2) is 6.61 Å². The number of thiophene rings is 1. The summed E-state index contributed by atoms with van der Waals surface area (Å²) in [5, 5.41) is 2.16. The Labute approximate surface area is 128 Å². The molecule has 3 aromatic rings. The Morgan fingerprint density at radius 1 is 0.905 bits per heavy atom. The molecule has 0 spiro atoms. The van der Waals surface area contributed by atoms with Crippen LogP contribution in [0.1, 0.15) is 16.0 Å². The van der Waals surface area contributed by atoms with Gasteiger partial charge in [-0.2, -0.15) is 0 Å². The van der Waals surface area contributed by atoms with Crippen LogP contribution in [0.4, 0.5) is 0 Å². The van der Waals surface area contributed by atoms with Crippen LogP contribution in [0.5, 0.6) is 5.75 Å². The summed E-state index contributed by atoms with van der Waals surface area (Å²) in [5.74, 6) is 1.03. The van der Waals surface area contributed by atoms with Crippen LogP contribution in [0.3, 0.4) is 0 Å². The van der Waals surface area contributed by atoms with Crippen LogP contribution in [0, 0.1) is 0 Å². The lowest BCUT2D eigenvalue weighted by Crippen LogP contribution is -2.31. The van der Waals surface area contributed by atoms with Gasteiger partial charge >= 0.3 is 0 Å². The third-order valence-corrected chi connectivity index (χ3v) is 5.29. The second-order valence-corrected chi connectivity index (χ2v) is 6.45. The SMILES string of the molecule is c1ccc(CC2(c3cccs3)COc3ccccc32)cc1. The molecule has 0 fully saturated rings. The first-order valence-corrected chi connectivity index (χ1v) is 8.07. The van der Waals surface area contributed by atoms with Crippen LogP contribution in [0.2, 0.25) is 0 Å². The van der Waals surface area contributed by atoms with E-state index in [2.05, 4.69) is 66.0 Å². The molecule has 104 valence electrons. The van der Waals surface area contributed by atoms with Crippen molar-refractivity contribution in [1.82, 2.24) is 0 Å². The van der Waals surface area contributed by atoms with E-state index in [9.17, 15) is 0 Å². The number of para-hydroxylation sites is 1. The number of ether oxygens (including phenoxy) is 1. The van der Waals surface area contributed by atoms with Crippen molar-refractivity contribution in [3.63, 3.8) is 0 Å². The molecule has 2 heteroatoms. The fourth-order valence-electron chi connectivity index (χ4n) is 3.20. The lowest BCUT2D eigenvalue weighted by atomic mass is 9.76. The third kappa shape index (κ3) is 2.07. The zero-order chi connectivity index (χ0) is 14.1. The molecule has 0 radical (unpaired) electrons. The zero-order valence-electron chi connectivity index (χ0n) is 11.7. The van der Waals surface area contributed by atoms with Gasteiger partial charge in [0.1, 0.15) is 12.4 Å². The predicted molar refractivity (Wildman–Crippen MR) is 87.2 cm³/mol. The predicted octanol–water partition coefficient (Wildman–Crippen LogP) is 4.67. The summed E-state index contributed by atoms with van der Waals surface area (Å²) in [7, 11) is 0. The Kier molecular flexibility index (Phi) is 3.04. The monoisotopic (exact) mass is 292 g/mol. The molecule has 1 aliphatic rings. The van der Waals surface area contributed by atoms with Crippen LogP contribution >= 0.6 is 11.3 Å². The van der Waals surface area contributed by atoms with Gasteiger partial charge in [-0.25, -0.2) is 0 Å². The molecule has 21 heavy (non-hydrogen) atoms. The Morgan fingerprint density at radius 3 is 2.52 bits per heavy atom. The van der Waals surface area contributed by atoms with Crippen molar-refractivity contribution >= 4 is 11.3 Å². The van der Waals surface area contributed by atoms with Crippen molar-refractivity contribution in [3.05, 3.63) is 88.1 Å². The second kappa shape index (κ2) is 5.05. The lowest BCUT2D eigenvalue weighted by Gasteiger charge is -2.27. The van der Waals surface area contributed by atoms with Gasteiger partial charge in [0.25, 0.3) is 0 Å². The van der Waals surface area contributed by atoms with Gasteiger partial charge in [-0.1, -0.05) is 54.6 Å². The maximum atomic E-state index is 6.02. The Balaban J connectivity index is 1.86. The number of fused-ring (bicyclic) bond motifs is 1. The number of rotatable bonds is 3. The molecule has 0 saturated carbocycles. The fraction of sp³-hybridized carbons (Fsp3) is 0.158. The molecule has 0 saturated heterocycles. The summed E-state index contributed by atoms with van der Waals surface area (Å²) in [4.78, 5) is 1.39. The summed E-state index contributed by atoms with van der Waals surface area (Å²) in [6, 6.07) is 23.5. The fourth-order valence-corrected chi connectivity index (χ4v) is 4.13. The minimum absolute atomic E-state index is 0.0495. The van der Waals surface area contributed by atoms with Crippen molar-refractivity contribution in [2.75, 3.05) is 6.61 Å². The van der Waals surface area contributed by atoms with Crippen molar-refractivity contribution in [2.24, 2.45) is 0 Å². The van der Waals surface area contributed by atoms with Gasteiger partial charge in [-0.3, -0.25) is 0 Å². The molecule has 4 rings (SSSR count). The van der Waals surface area contributed by atoms with Gasteiger partial charge in [0.2, 0.25) is 0 Å². The molecule has 1 unspecified atom stereocenters. The third-order valence-electron chi connectivity index (χ3n) is 4.22. The minimum Gasteiger partial charge on any atom is -0.492 e. The van der Waals surface area contributed by atoms with Gasteiger partial charge in [0.05, 0.1) is 5.41 Å². The van der Waals surface area contributed by atoms with Gasteiger partial charge in [-0.15, -0.1) is 11.3 Å². The second-order valence-electron chi connectivity index (χ2n) is 5.51. The quantitative estimate of drug-likeness (QED) is 0.681. The van der Waals surface area contributed by atoms with E-state index in [0.29, 0.717) is 0 Å². The van der Waals surface area contributed by atoms with Crippen LogP contribution in [0.25, 0.3) is 0 Å². The average Bonchev–Trinajstić information content (AvgIpc) is 3.18. The van der Waals surface area contributed by atoms with E-state index in [1.165, 1.54) is 16.0 Å². The highest BCUT2D eigenvalue weighted by Crippen LogP contribution is 2.46. The molecule has 2 aromatic carbocycles. The lowest BCUT2D eigenvalue weighted by molar-refractivity contribution is 0.292. The minimum atomic E-state index is -0.0495. The molecule has 1 atom stereocenters. The summed E-state index contributed by atoms with van der Waals surface area (Å²) in [6.07, 6.45) is 0.978. The molecule has 1 aliphatic heterocycles. The van der Waals surface area contributed by atoms with Crippen LogP contribution in [0.15, 0.2) is 72.1 Å². The number of benzene rings is 2. The zero-order valence-corrected chi connectivity index (χ0v) is 12.5. The smallest absolute Gasteiger partial charge is 0.123 e. The molecule has 0 bridgehead atoms. The number of hydrogen-bond donors (Lipinski definition) is 0. The normalized spacial score (nSPS) is 20.0. The molecule has 2 heterocycles. The number of hydrogen-bond acceptors (Lipinski definition) is 2. The molecule has 1 nitrogen and oxygen atoms in total. The molecule has 0 N–H and O–H groups in total.